The second kappa shape index (κ2) is 7.89. The lowest BCUT2D eigenvalue weighted by Crippen LogP contribution is -2.26. The molecule has 4 rings (SSSR count). The lowest BCUT2D eigenvalue weighted by molar-refractivity contribution is 0.144. The molecule has 0 spiro atoms. The van der Waals surface area contributed by atoms with Crippen molar-refractivity contribution >= 4 is 6.09 Å². The number of nitrogens with one attached hydrogen (secondary N) is 1. The molecule has 4 heteroatoms. The first-order valence-electron chi connectivity index (χ1n) is 9.10. The van der Waals surface area contributed by atoms with Crippen LogP contribution in [0.5, 0.6) is 5.75 Å². The molecule has 3 aromatic carbocycles. The molecule has 3 aromatic rings. The molecule has 0 unspecified atom stereocenters. The van der Waals surface area contributed by atoms with Crippen molar-refractivity contribution in [1.82, 2.24) is 5.32 Å². The zero-order valence-corrected chi connectivity index (χ0v) is 15.2. The van der Waals surface area contributed by atoms with Crippen LogP contribution in [-0.2, 0) is 4.74 Å². The molecule has 0 fully saturated rings. The van der Waals surface area contributed by atoms with Gasteiger partial charge < -0.3 is 15.2 Å². The Bertz CT molecular complexity index is 1030. The average molecular weight is 369 g/mol. The van der Waals surface area contributed by atoms with Crippen LogP contribution in [0.4, 0.5) is 4.79 Å². The first kappa shape index (κ1) is 17.7. The zero-order valence-electron chi connectivity index (χ0n) is 15.2. The second-order valence-corrected chi connectivity index (χ2v) is 6.50. The number of rotatable bonds is 3. The maximum atomic E-state index is 12.1. The Morgan fingerprint density at radius 1 is 0.929 bits per heavy atom. The standard InChI is InChI=1S/C24H19NO3/c26-23-14-6-1-8-17(23)9-7-15-25-24(27)28-16-22-20-12-4-2-10-18(20)19-11-3-5-13-21(19)22/h1-6,8,10-14,22,26H,15-16H2,(H,25,27). The van der Waals surface area contributed by atoms with Crippen LogP contribution in [0, 0.1) is 11.8 Å². The van der Waals surface area contributed by atoms with Crippen LogP contribution in [0.1, 0.15) is 22.6 Å². The lowest BCUT2D eigenvalue weighted by atomic mass is 9.98. The van der Waals surface area contributed by atoms with Gasteiger partial charge in [0.15, 0.2) is 0 Å². The summed E-state index contributed by atoms with van der Waals surface area (Å²) in [6.07, 6.45) is -0.506. The van der Waals surface area contributed by atoms with Crippen LogP contribution < -0.4 is 5.32 Å². The maximum absolute atomic E-state index is 12.1. The molecular formula is C24H19NO3. The highest BCUT2D eigenvalue weighted by molar-refractivity contribution is 5.79. The van der Waals surface area contributed by atoms with Gasteiger partial charge in [0, 0.05) is 5.92 Å². The molecule has 1 aliphatic rings. The highest BCUT2D eigenvalue weighted by Crippen LogP contribution is 2.44. The number of phenols is 1. The summed E-state index contributed by atoms with van der Waals surface area (Å²) in [6, 6.07) is 23.2. The number of hydrogen-bond acceptors (Lipinski definition) is 3. The summed E-state index contributed by atoms with van der Waals surface area (Å²) in [5, 5.41) is 12.3. The Labute approximate surface area is 163 Å². The summed E-state index contributed by atoms with van der Waals surface area (Å²) in [4.78, 5) is 12.1. The molecule has 138 valence electrons. The van der Waals surface area contributed by atoms with Gasteiger partial charge in [0.1, 0.15) is 12.4 Å². The Morgan fingerprint density at radius 2 is 1.54 bits per heavy atom. The fourth-order valence-corrected chi connectivity index (χ4v) is 3.48. The first-order valence-corrected chi connectivity index (χ1v) is 9.10. The van der Waals surface area contributed by atoms with Gasteiger partial charge in [-0.3, -0.25) is 0 Å². The van der Waals surface area contributed by atoms with Crippen molar-refractivity contribution in [2.75, 3.05) is 13.2 Å². The van der Waals surface area contributed by atoms with E-state index in [1.807, 2.05) is 24.3 Å². The van der Waals surface area contributed by atoms with Gasteiger partial charge in [-0.15, -0.1) is 0 Å². The van der Waals surface area contributed by atoms with Crippen LogP contribution in [0.15, 0.2) is 72.8 Å². The van der Waals surface area contributed by atoms with E-state index in [0.717, 1.165) is 0 Å². The van der Waals surface area contributed by atoms with Gasteiger partial charge in [-0.25, -0.2) is 4.79 Å². The van der Waals surface area contributed by atoms with Gasteiger partial charge >= 0.3 is 6.09 Å². The predicted molar refractivity (Wildman–Crippen MR) is 108 cm³/mol. The zero-order chi connectivity index (χ0) is 19.3. The minimum atomic E-state index is -0.506. The number of benzene rings is 3. The summed E-state index contributed by atoms with van der Waals surface area (Å²) in [5.41, 5.74) is 5.27. The van der Waals surface area contributed by atoms with Crippen LogP contribution in [0.2, 0.25) is 0 Å². The SMILES string of the molecule is O=C(NCC#Cc1ccccc1O)OCC1c2ccccc2-c2ccccc21. The molecule has 0 aliphatic heterocycles. The number of para-hydroxylation sites is 1. The maximum Gasteiger partial charge on any atom is 0.407 e. The van der Waals surface area contributed by atoms with Crippen LogP contribution in [0.25, 0.3) is 11.1 Å². The van der Waals surface area contributed by atoms with Crippen LogP contribution in [-0.4, -0.2) is 24.4 Å². The van der Waals surface area contributed by atoms with Crippen molar-refractivity contribution in [3.63, 3.8) is 0 Å². The number of carbonyl (C=O) groups is 1. The third-order valence-corrected chi connectivity index (χ3v) is 4.79. The van der Waals surface area contributed by atoms with Gasteiger partial charge in [0.05, 0.1) is 12.1 Å². The Hall–Kier alpha value is -3.71. The van der Waals surface area contributed by atoms with Gasteiger partial charge in [-0.2, -0.15) is 0 Å². The highest BCUT2D eigenvalue weighted by atomic mass is 16.5. The van der Waals surface area contributed by atoms with Crippen molar-refractivity contribution in [3.8, 4) is 28.7 Å². The molecule has 0 atom stereocenters. The van der Waals surface area contributed by atoms with E-state index in [9.17, 15) is 9.90 Å². The highest BCUT2D eigenvalue weighted by Gasteiger charge is 2.28. The number of carbonyl (C=O) groups excluding carboxylic acids is 1. The van der Waals surface area contributed by atoms with E-state index in [0.29, 0.717) is 5.56 Å². The smallest absolute Gasteiger partial charge is 0.407 e. The van der Waals surface area contributed by atoms with E-state index >= 15 is 0 Å². The van der Waals surface area contributed by atoms with Crippen molar-refractivity contribution < 1.29 is 14.6 Å². The monoisotopic (exact) mass is 369 g/mol. The van der Waals surface area contributed by atoms with Gasteiger partial charge in [-0.05, 0) is 34.4 Å². The van der Waals surface area contributed by atoms with E-state index in [2.05, 4.69) is 41.4 Å². The quantitative estimate of drug-likeness (QED) is 0.678. The number of fused-ring (bicyclic) bond motifs is 3. The number of phenolic OH excluding ortho intramolecular Hbond substituents is 1. The van der Waals surface area contributed by atoms with Gasteiger partial charge in [0.25, 0.3) is 0 Å². The third kappa shape index (κ3) is 3.56. The fraction of sp³-hybridized carbons (Fsp3) is 0.125. The van der Waals surface area contributed by atoms with E-state index < -0.39 is 6.09 Å². The Balaban J connectivity index is 1.36. The fourth-order valence-electron chi connectivity index (χ4n) is 3.48. The molecular weight excluding hydrogens is 350 g/mol. The number of amides is 1. The second-order valence-electron chi connectivity index (χ2n) is 6.50. The van der Waals surface area contributed by atoms with Crippen LogP contribution in [0.3, 0.4) is 0 Å². The van der Waals surface area contributed by atoms with Crippen LogP contribution >= 0.6 is 0 Å². The van der Waals surface area contributed by atoms with Crippen molar-refractivity contribution in [2.24, 2.45) is 0 Å². The summed E-state index contributed by atoms with van der Waals surface area (Å²) < 4.78 is 5.45. The molecule has 0 radical (unpaired) electrons. The normalized spacial score (nSPS) is 11.7. The number of ether oxygens (including phenoxy) is 1. The summed E-state index contributed by atoms with van der Waals surface area (Å²) in [5.74, 6) is 5.79. The minimum Gasteiger partial charge on any atom is -0.507 e. The predicted octanol–water partition coefficient (Wildman–Crippen LogP) is 4.28. The summed E-state index contributed by atoms with van der Waals surface area (Å²) in [7, 11) is 0. The largest absolute Gasteiger partial charge is 0.507 e. The van der Waals surface area contributed by atoms with Crippen molar-refractivity contribution in [3.05, 3.63) is 89.5 Å². The molecule has 2 N–H and O–H groups in total. The summed E-state index contributed by atoms with van der Waals surface area (Å²) >= 11 is 0. The number of alkyl carbamates (subject to hydrolysis) is 1. The third-order valence-electron chi connectivity index (χ3n) is 4.79. The Morgan fingerprint density at radius 3 is 2.21 bits per heavy atom. The number of aromatic hydroxyl groups is 1. The Kier molecular flexibility index (Phi) is 4.99. The topological polar surface area (TPSA) is 58.6 Å². The molecule has 0 saturated carbocycles. The van der Waals surface area contributed by atoms with E-state index in [-0.39, 0.29) is 24.8 Å². The van der Waals surface area contributed by atoms with Gasteiger partial charge in [0.2, 0.25) is 0 Å². The molecule has 1 aliphatic carbocycles. The first-order chi connectivity index (χ1) is 13.7. The minimum absolute atomic E-state index is 0.0329. The average Bonchev–Trinajstić information content (AvgIpc) is 3.05. The van der Waals surface area contributed by atoms with Crippen molar-refractivity contribution in [2.45, 2.75) is 5.92 Å². The van der Waals surface area contributed by atoms with Gasteiger partial charge in [-0.1, -0.05) is 72.5 Å². The lowest BCUT2D eigenvalue weighted by Gasteiger charge is -2.14. The van der Waals surface area contributed by atoms with E-state index in [4.69, 9.17) is 4.74 Å². The molecule has 4 nitrogen and oxygen atoms in total. The number of hydrogen-bond donors (Lipinski definition) is 2. The molecule has 1 amide bonds. The van der Waals surface area contributed by atoms with E-state index in [1.165, 1.54) is 22.3 Å². The molecule has 28 heavy (non-hydrogen) atoms. The molecule has 0 heterocycles. The van der Waals surface area contributed by atoms with E-state index in [1.54, 1.807) is 24.3 Å². The van der Waals surface area contributed by atoms with Crippen molar-refractivity contribution in [1.29, 1.82) is 0 Å². The molecule has 0 saturated heterocycles. The molecule has 0 aromatic heterocycles. The summed E-state index contributed by atoms with van der Waals surface area (Å²) in [6.45, 7) is 0.414. The molecule has 0 bridgehead atoms.